The molecular weight excluding hydrogens is 407 g/mol. The molecule has 4 aromatic heterocycles. The van der Waals surface area contributed by atoms with Crippen molar-refractivity contribution in [3.05, 3.63) is 62.5 Å². The first-order valence-corrected chi connectivity index (χ1v) is 9.72. The zero-order valence-electron chi connectivity index (χ0n) is 14.2. The van der Waals surface area contributed by atoms with Gasteiger partial charge in [0.1, 0.15) is 11.5 Å². The summed E-state index contributed by atoms with van der Waals surface area (Å²) in [6.07, 6.45) is 4.25. The van der Waals surface area contributed by atoms with Gasteiger partial charge in [0, 0.05) is 31.1 Å². The van der Waals surface area contributed by atoms with Gasteiger partial charge in [0.05, 0.1) is 27.3 Å². The average molecular weight is 421 g/mol. The molecule has 1 amide bonds. The molecule has 0 atom stereocenters. The Morgan fingerprint density at radius 3 is 2.96 bits per heavy atom. The lowest BCUT2D eigenvalue weighted by molar-refractivity contribution is -0.119. The zero-order valence-corrected chi connectivity index (χ0v) is 16.5. The number of hydrogen-bond acceptors (Lipinski definition) is 5. The predicted molar refractivity (Wildman–Crippen MR) is 105 cm³/mol. The number of furan rings is 1. The largest absolute Gasteiger partial charge is 0.458 e. The van der Waals surface area contributed by atoms with Crippen molar-refractivity contribution < 1.29 is 9.21 Å². The smallest absolute Gasteiger partial charge is 0.217 e. The van der Waals surface area contributed by atoms with Crippen LogP contribution in [0.25, 0.3) is 17.1 Å². The summed E-state index contributed by atoms with van der Waals surface area (Å²) in [5, 5.41) is 6.62. The SMILES string of the molecule is CC(=O)NCc1ccc(-c2csc(Cc3cn4cc(Cl)cc(Cl)c4n3)n2)o1. The Morgan fingerprint density at radius 1 is 1.30 bits per heavy atom. The van der Waals surface area contributed by atoms with E-state index in [0.717, 1.165) is 16.4 Å². The molecule has 4 aromatic rings. The van der Waals surface area contributed by atoms with Gasteiger partial charge in [-0.2, -0.15) is 0 Å². The number of aromatic nitrogens is 3. The Balaban J connectivity index is 1.51. The molecule has 9 heteroatoms. The highest BCUT2D eigenvalue weighted by Gasteiger charge is 2.12. The molecule has 0 bridgehead atoms. The van der Waals surface area contributed by atoms with Crippen molar-refractivity contribution in [2.45, 2.75) is 19.9 Å². The number of carbonyl (C=O) groups is 1. The van der Waals surface area contributed by atoms with Gasteiger partial charge in [0.2, 0.25) is 5.91 Å². The summed E-state index contributed by atoms with van der Waals surface area (Å²) in [7, 11) is 0. The number of pyridine rings is 1. The third kappa shape index (κ3) is 4.00. The number of carbonyl (C=O) groups excluding carboxylic acids is 1. The van der Waals surface area contributed by atoms with E-state index in [1.54, 1.807) is 12.3 Å². The molecule has 27 heavy (non-hydrogen) atoms. The van der Waals surface area contributed by atoms with E-state index >= 15 is 0 Å². The van der Waals surface area contributed by atoms with E-state index in [1.165, 1.54) is 18.3 Å². The standard InChI is InChI=1S/C18H14Cl2N4O2S/c1-10(25)21-6-13-2-3-16(26-13)15-9-27-17(23-15)5-12-8-24-7-11(19)4-14(20)18(24)22-12/h2-4,7-9H,5-6H2,1H3,(H,21,25). The van der Waals surface area contributed by atoms with Gasteiger partial charge in [-0.15, -0.1) is 11.3 Å². The molecule has 0 aliphatic heterocycles. The van der Waals surface area contributed by atoms with Crippen LogP contribution in [-0.2, 0) is 17.8 Å². The van der Waals surface area contributed by atoms with Gasteiger partial charge in [0.15, 0.2) is 11.4 Å². The molecule has 0 radical (unpaired) electrons. The fourth-order valence-corrected chi connectivity index (χ4v) is 3.97. The molecule has 0 saturated carbocycles. The lowest BCUT2D eigenvalue weighted by atomic mass is 10.3. The molecule has 6 nitrogen and oxygen atoms in total. The maximum atomic E-state index is 11.0. The number of thiazole rings is 1. The van der Waals surface area contributed by atoms with Crippen LogP contribution in [0.2, 0.25) is 10.0 Å². The van der Waals surface area contributed by atoms with E-state index in [-0.39, 0.29) is 5.91 Å². The molecule has 0 spiro atoms. The quantitative estimate of drug-likeness (QED) is 0.512. The van der Waals surface area contributed by atoms with Crippen LogP contribution in [0.5, 0.6) is 0 Å². The lowest BCUT2D eigenvalue weighted by Gasteiger charge is -1.97. The number of hydrogen-bond donors (Lipinski definition) is 1. The fraction of sp³-hybridized carbons (Fsp3) is 0.167. The Hall–Kier alpha value is -2.35. The molecule has 0 saturated heterocycles. The fourth-order valence-electron chi connectivity index (χ4n) is 2.64. The number of rotatable bonds is 5. The van der Waals surface area contributed by atoms with Crippen LogP contribution in [0.4, 0.5) is 0 Å². The second-order valence-electron chi connectivity index (χ2n) is 5.95. The number of nitrogens with zero attached hydrogens (tertiary/aromatic N) is 3. The van der Waals surface area contributed by atoms with Crippen molar-refractivity contribution in [2.75, 3.05) is 0 Å². The van der Waals surface area contributed by atoms with E-state index in [0.29, 0.717) is 40.2 Å². The van der Waals surface area contributed by atoms with Crippen LogP contribution in [-0.4, -0.2) is 20.3 Å². The Bertz CT molecular complexity index is 1130. The summed E-state index contributed by atoms with van der Waals surface area (Å²) in [5.74, 6) is 1.25. The van der Waals surface area contributed by atoms with Crippen molar-refractivity contribution >= 4 is 46.1 Å². The Kier molecular flexibility index (Phi) is 4.90. The van der Waals surface area contributed by atoms with E-state index < -0.39 is 0 Å². The Labute approximate surface area is 168 Å². The van der Waals surface area contributed by atoms with Gasteiger partial charge in [-0.25, -0.2) is 9.97 Å². The molecule has 0 aromatic carbocycles. The average Bonchev–Trinajstić information content (AvgIpc) is 3.32. The van der Waals surface area contributed by atoms with Crippen LogP contribution < -0.4 is 5.32 Å². The van der Waals surface area contributed by atoms with Crippen LogP contribution in [0, 0.1) is 0 Å². The number of fused-ring (bicyclic) bond motifs is 1. The van der Waals surface area contributed by atoms with Gasteiger partial charge in [0.25, 0.3) is 0 Å². The van der Waals surface area contributed by atoms with Crippen molar-refractivity contribution in [3.63, 3.8) is 0 Å². The second-order valence-corrected chi connectivity index (χ2v) is 7.73. The topological polar surface area (TPSA) is 72.4 Å². The van der Waals surface area contributed by atoms with Crippen molar-refractivity contribution in [3.8, 4) is 11.5 Å². The first-order valence-electron chi connectivity index (χ1n) is 8.08. The number of halogens is 2. The minimum absolute atomic E-state index is 0.0993. The van der Waals surface area contributed by atoms with Crippen molar-refractivity contribution in [1.82, 2.24) is 19.7 Å². The van der Waals surface area contributed by atoms with E-state index in [2.05, 4.69) is 15.3 Å². The summed E-state index contributed by atoms with van der Waals surface area (Å²) in [5.41, 5.74) is 2.28. The molecule has 0 unspecified atom stereocenters. The second kappa shape index (κ2) is 7.34. The Morgan fingerprint density at radius 2 is 2.15 bits per heavy atom. The van der Waals surface area contributed by atoms with E-state index in [4.69, 9.17) is 27.6 Å². The van der Waals surface area contributed by atoms with Gasteiger partial charge in [-0.05, 0) is 18.2 Å². The molecule has 0 aliphatic carbocycles. The van der Waals surface area contributed by atoms with Crippen LogP contribution >= 0.6 is 34.5 Å². The molecule has 0 aliphatic rings. The highest BCUT2D eigenvalue weighted by atomic mass is 35.5. The lowest BCUT2D eigenvalue weighted by Crippen LogP contribution is -2.18. The molecule has 4 heterocycles. The number of imidazole rings is 1. The summed E-state index contributed by atoms with van der Waals surface area (Å²) >= 11 is 13.8. The van der Waals surface area contributed by atoms with Gasteiger partial charge < -0.3 is 14.1 Å². The molecule has 138 valence electrons. The summed E-state index contributed by atoms with van der Waals surface area (Å²) in [6.45, 7) is 1.83. The predicted octanol–water partition coefficient (Wildman–Crippen LogP) is 4.58. The maximum Gasteiger partial charge on any atom is 0.217 e. The molecular formula is C18H14Cl2N4O2S. The number of nitrogens with one attached hydrogen (secondary N) is 1. The van der Waals surface area contributed by atoms with E-state index in [1.807, 2.05) is 28.1 Å². The van der Waals surface area contributed by atoms with Crippen molar-refractivity contribution in [2.24, 2.45) is 0 Å². The normalized spacial score (nSPS) is 11.2. The third-order valence-corrected chi connectivity index (χ3v) is 5.17. The van der Waals surface area contributed by atoms with Crippen LogP contribution in [0.15, 0.2) is 40.4 Å². The monoisotopic (exact) mass is 420 g/mol. The summed E-state index contributed by atoms with van der Waals surface area (Å²) in [6, 6.07) is 5.35. The first kappa shape index (κ1) is 18.0. The van der Waals surface area contributed by atoms with Crippen LogP contribution in [0.3, 0.4) is 0 Å². The zero-order chi connectivity index (χ0) is 19.0. The first-order chi connectivity index (χ1) is 13.0. The molecule has 1 N–H and O–H groups in total. The van der Waals surface area contributed by atoms with Gasteiger partial charge in [-0.1, -0.05) is 23.2 Å². The highest BCUT2D eigenvalue weighted by molar-refractivity contribution is 7.10. The maximum absolute atomic E-state index is 11.0. The molecule has 0 fully saturated rings. The highest BCUT2D eigenvalue weighted by Crippen LogP contribution is 2.26. The summed E-state index contributed by atoms with van der Waals surface area (Å²) < 4.78 is 7.55. The minimum Gasteiger partial charge on any atom is -0.458 e. The minimum atomic E-state index is -0.0993. The third-order valence-electron chi connectivity index (χ3n) is 3.83. The number of amides is 1. The van der Waals surface area contributed by atoms with Crippen LogP contribution in [0.1, 0.15) is 23.4 Å². The van der Waals surface area contributed by atoms with Crippen molar-refractivity contribution in [1.29, 1.82) is 0 Å². The molecule has 4 rings (SSSR count). The van der Waals surface area contributed by atoms with Gasteiger partial charge >= 0.3 is 0 Å². The summed E-state index contributed by atoms with van der Waals surface area (Å²) in [4.78, 5) is 20.2. The van der Waals surface area contributed by atoms with Gasteiger partial charge in [-0.3, -0.25) is 4.79 Å². The van der Waals surface area contributed by atoms with E-state index in [9.17, 15) is 4.79 Å².